The fraction of sp³-hybridized carbons (Fsp3) is 0.933. The van der Waals surface area contributed by atoms with Crippen molar-refractivity contribution in [2.45, 2.75) is 45.1 Å². The van der Waals surface area contributed by atoms with Crippen molar-refractivity contribution >= 4 is 5.91 Å². The molecule has 4 nitrogen and oxygen atoms in total. The van der Waals surface area contributed by atoms with Crippen LogP contribution in [-0.4, -0.2) is 56.0 Å². The Morgan fingerprint density at radius 2 is 1.95 bits per heavy atom. The van der Waals surface area contributed by atoms with Crippen LogP contribution in [0.15, 0.2) is 0 Å². The van der Waals surface area contributed by atoms with Gasteiger partial charge in [0.25, 0.3) is 0 Å². The van der Waals surface area contributed by atoms with Gasteiger partial charge in [-0.2, -0.15) is 0 Å². The molecular weight excluding hydrogens is 238 g/mol. The van der Waals surface area contributed by atoms with Gasteiger partial charge in [0, 0.05) is 25.6 Å². The summed E-state index contributed by atoms with van der Waals surface area (Å²) in [5.41, 5.74) is 6.02. The lowest BCUT2D eigenvalue weighted by atomic mass is 9.78. The van der Waals surface area contributed by atoms with Gasteiger partial charge in [-0.3, -0.25) is 4.79 Å². The van der Waals surface area contributed by atoms with Gasteiger partial charge in [0.2, 0.25) is 5.91 Å². The predicted octanol–water partition coefficient (Wildman–Crippen LogP) is 1.55. The lowest BCUT2D eigenvalue weighted by Crippen LogP contribution is -2.39. The molecule has 0 radical (unpaired) electrons. The smallest absolute Gasteiger partial charge is 0.225 e. The number of hydrogen-bond donors (Lipinski definition) is 1. The van der Waals surface area contributed by atoms with Crippen LogP contribution in [-0.2, 0) is 4.79 Å². The van der Waals surface area contributed by atoms with Crippen molar-refractivity contribution < 1.29 is 4.79 Å². The molecule has 112 valence electrons. The molecule has 0 saturated heterocycles. The summed E-state index contributed by atoms with van der Waals surface area (Å²) in [6.45, 7) is 3.95. The van der Waals surface area contributed by atoms with Crippen molar-refractivity contribution in [3.63, 3.8) is 0 Å². The Morgan fingerprint density at radius 1 is 1.26 bits per heavy atom. The number of nitrogens with zero attached hydrogens (tertiary/aromatic N) is 2. The maximum Gasteiger partial charge on any atom is 0.225 e. The van der Waals surface area contributed by atoms with E-state index in [0.717, 1.165) is 38.8 Å². The number of nitrogens with two attached hydrogens (primary N) is 1. The first-order valence-electron chi connectivity index (χ1n) is 7.57. The number of rotatable bonds is 6. The van der Waals surface area contributed by atoms with Crippen LogP contribution in [0.5, 0.6) is 0 Å². The van der Waals surface area contributed by atoms with Crippen LogP contribution in [0.25, 0.3) is 0 Å². The van der Waals surface area contributed by atoms with Gasteiger partial charge < -0.3 is 15.5 Å². The Labute approximate surface area is 118 Å². The molecule has 0 heterocycles. The second kappa shape index (κ2) is 7.85. The quantitative estimate of drug-likeness (QED) is 0.796. The molecule has 1 aliphatic rings. The molecule has 0 aromatic rings. The Balaban J connectivity index is 2.37. The van der Waals surface area contributed by atoms with E-state index < -0.39 is 0 Å². The van der Waals surface area contributed by atoms with Gasteiger partial charge in [-0.15, -0.1) is 0 Å². The standard InChI is InChI=1S/C15H31N3O/c1-12(13-7-5-8-14(16)11-13)15(19)18(4)10-6-9-17(2)3/h12-14H,5-11,16H2,1-4H3. The molecule has 2 N–H and O–H groups in total. The predicted molar refractivity (Wildman–Crippen MR) is 79.9 cm³/mol. The average Bonchev–Trinajstić information content (AvgIpc) is 2.36. The largest absolute Gasteiger partial charge is 0.345 e. The number of carbonyl (C=O) groups excluding carboxylic acids is 1. The van der Waals surface area contributed by atoms with Crippen LogP contribution in [0.3, 0.4) is 0 Å². The van der Waals surface area contributed by atoms with E-state index >= 15 is 0 Å². The lowest BCUT2D eigenvalue weighted by Gasteiger charge is -2.32. The van der Waals surface area contributed by atoms with Crippen molar-refractivity contribution in [1.82, 2.24) is 9.80 Å². The highest BCUT2D eigenvalue weighted by atomic mass is 16.2. The third-order valence-corrected chi connectivity index (χ3v) is 4.33. The molecule has 1 amide bonds. The molecule has 1 fully saturated rings. The van der Waals surface area contributed by atoms with Crippen LogP contribution in [0.1, 0.15) is 39.0 Å². The Hall–Kier alpha value is -0.610. The molecule has 0 aliphatic heterocycles. The zero-order chi connectivity index (χ0) is 14.4. The summed E-state index contributed by atoms with van der Waals surface area (Å²) < 4.78 is 0. The Morgan fingerprint density at radius 3 is 2.53 bits per heavy atom. The average molecular weight is 269 g/mol. The third-order valence-electron chi connectivity index (χ3n) is 4.33. The Kier molecular flexibility index (Phi) is 6.80. The van der Waals surface area contributed by atoms with E-state index in [9.17, 15) is 4.79 Å². The second-order valence-electron chi connectivity index (χ2n) is 6.39. The zero-order valence-electron chi connectivity index (χ0n) is 13.1. The lowest BCUT2D eigenvalue weighted by molar-refractivity contribution is -0.135. The van der Waals surface area contributed by atoms with Crippen LogP contribution < -0.4 is 5.73 Å². The molecule has 1 rings (SSSR count). The van der Waals surface area contributed by atoms with E-state index in [0.29, 0.717) is 12.0 Å². The second-order valence-corrected chi connectivity index (χ2v) is 6.39. The van der Waals surface area contributed by atoms with Gasteiger partial charge >= 0.3 is 0 Å². The zero-order valence-corrected chi connectivity index (χ0v) is 13.1. The van der Waals surface area contributed by atoms with E-state index in [1.54, 1.807) is 0 Å². The summed E-state index contributed by atoms with van der Waals surface area (Å²) in [7, 11) is 6.05. The molecule has 1 aliphatic carbocycles. The summed E-state index contributed by atoms with van der Waals surface area (Å²) >= 11 is 0. The van der Waals surface area contributed by atoms with Crippen molar-refractivity contribution in [2.24, 2.45) is 17.6 Å². The van der Waals surface area contributed by atoms with E-state index in [2.05, 4.69) is 25.9 Å². The minimum Gasteiger partial charge on any atom is -0.345 e. The summed E-state index contributed by atoms with van der Waals surface area (Å²) in [5, 5.41) is 0. The number of hydrogen-bond acceptors (Lipinski definition) is 3. The minimum atomic E-state index is 0.121. The summed E-state index contributed by atoms with van der Waals surface area (Å²) in [5.74, 6) is 0.890. The van der Waals surface area contributed by atoms with Gasteiger partial charge in [0.1, 0.15) is 0 Å². The van der Waals surface area contributed by atoms with Crippen LogP contribution in [0, 0.1) is 11.8 Å². The van der Waals surface area contributed by atoms with Crippen LogP contribution in [0.2, 0.25) is 0 Å². The molecule has 0 bridgehead atoms. The molecule has 19 heavy (non-hydrogen) atoms. The molecule has 0 aromatic carbocycles. The molecule has 0 spiro atoms. The van der Waals surface area contributed by atoms with E-state index in [4.69, 9.17) is 5.73 Å². The topological polar surface area (TPSA) is 49.6 Å². The van der Waals surface area contributed by atoms with Crippen molar-refractivity contribution in [3.8, 4) is 0 Å². The summed E-state index contributed by atoms with van der Waals surface area (Å²) in [6.07, 6.45) is 5.50. The Bertz CT molecular complexity index is 281. The van der Waals surface area contributed by atoms with Gasteiger partial charge in [-0.1, -0.05) is 13.3 Å². The molecule has 0 aromatic heterocycles. The summed E-state index contributed by atoms with van der Waals surface area (Å²) in [4.78, 5) is 16.4. The summed E-state index contributed by atoms with van der Waals surface area (Å²) in [6, 6.07) is 0.299. The van der Waals surface area contributed by atoms with Gasteiger partial charge in [-0.05, 0) is 52.2 Å². The fourth-order valence-electron chi connectivity index (χ4n) is 3.00. The first kappa shape index (κ1) is 16.4. The van der Waals surface area contributed by atoms with E-state index in [1.165, 1.54) is 6.42 Å². The van der Waals surface area contributed by atoms with Crippen LogP contribution in [0.4, 0.5) is 0 Å². The minimum absolute atomic E-state index is 0.121. The highest BCUT2D eigenvalue weighted by molar-refractivity contribution is 5.78. The maximum absolute atomic E-state index is 12.4. The van der Waals surface area contributed by atoms with Crippen LogP contribution >= 0.6 is 0 Å². The highest BCUT2D eigenvalue weighted by Gasteiger charge is 2.29. The van der Waals surface area contributed by atoms with Crippen molar-refractivity contribution in [3.05, 3.63) is 0 Å². The first-order valence-corrected chi connectivity index (χ1v) is 7.57. The van der Waals surface area contributed by atoms with Crippen molar-refractivity contribution in [1.29, 1.82) is 0 Å². The molecule has 4 heteroatoms. The molecule has 1 saturated carbocycles. The molecule has 3 atom stereocenters. The van der Waals surface area contributed by atoms with Gasteiger partial charge in [0.15, 0.2) is 0 Å². The normalized spacial score (nSPS) is 25.4. The van der Waals surface area contributed by atoms with E-state index in [1.807, 2.05) is 11.9 Å². The van der Waals surface area contributed by atoms with Crippen molar-refractivity contribution in [2.75, 3.05) is 34.2 Å². The number of amides is 1. The number of carbonyl (C=O) groups is 1. The molecular formula is C15H31N3O. The van der Waals surface area contributed by atoms with E-state index in [-0.39, 0.29) is 11.8 Å². The highest BCUT2D eigenvalue weighted by Crippen LogP contribution is 2.30. The molecule has 3 unspecified atom stereocenters. The fourth-order valence-corrected chi connectivity index (χ4v) is 3.00. The SMILES string of the molecule is CC(C(=O)N(C)CCCN(C)C)C1CCCC(N)C1. The third kappa shape index (κ3) is 5.49. The van der Waals surface area contributed by atoms with Gasteiger partial charge in [-0.25, -0.2) is 0 Å². The first-order chi connectivity index (χ1) is 8.91. The monoisotopic (exact) mass is 269 g/mol. The maximum atomic E-state index is 12.4. The van der Waals surface area contributed by atoms with Gasteiger partial charge in [0.05, 0.1) is 0 Å².